The van der Waals surface area contributed by atoms with Gasteiger partial charge >= 0.3 is 6.03 Å². The number of aryl methyl sites for hydroxylation is 1. The molecule has 0 unspecified atom stereocenters. The Morgan fingerprint density at radius 3 is 2.28 bits per heavy atom. The van der Waals surface area contributed by atoms with Gasteiger partial charge in [0.15, 0.2) is 0 Å². The van der Waals surface area contributed by atoms with Crippen LogP contribution < -0.4 is 4.72 Å². The lowest BCUT2D eigenvalue weighted by Gasteiger charge is -2.31. The van der Waals surface area contributed by atoms with Crippen LogP contribution in [0, 0.1) is 5.92 Å². The molecule has 5 nitrogen and oxygen atoms in total. The van der Waals surface area contributed by atoms with Crippen molar-refractivity contribution < 1.29 is 13.2 Å². The van der Waals surface area contributed by atoms with Gasteiger partial charge in [-0.3, -0.25) is 0 Å². The van der Waals surface area contributed by atoms with E-state index in [0.717, 1.165) is 43.1 Å². The van der Waals surface area contributed by atoms with E-state index in [1.165, 1.54) is 11.6 Å². The van der Waals surface area contributed by atoms with E-state index in [4.69, 9.17) is 0 Å². The normalized spacial score (nSPS) is 15.5. The molecule has 0 aliphatic carbocycles. The van der Waals surface area contributed by atoms with Crippen LogP contribution in [0.1, 0.15) is 36.8 Å². The van der Waals surface area contributed by atoms with Crippen molar-refractivity contribution in [3.05, 3.63) is 77.2 Å². The van der Waals surface area contributed by atoms with Crippen molar-refractivity contribution in [2.45, 2.75) is 32.1 Å². The Morgan fingerprint density at radius 1 is 1.00 bits per heavy atom. The van der Waals surface area contributed by atoms with Gasteiger partial charge in [-0.15, -0.1) is 0 Å². The van der Waals surface area contributed by atoms with Gasteiger partial charge < -0.3 is 4.90 Å². The third-order valence-electron chi connectivity index (χ3n) is 5.29. The molecule has 0 saturated carbocycles. The number of rotatable bonds is 7. The average molecular weight is 413 g/mol. The van der Waals surface area contributed by atoms with Crippen LogP contribution in [-0.2, 0) is 16.4 Å². The van der Waals surface area contributed by atoms with Crippen molar-refractivity contribution in [1.82, 2.24) is 9.62 Å². The minimum Gasteiger partial charge on any atom is -0.324 e. The van der Waals surface area contributed by atoms with Crippen LogP contribution in [0.15, 0.2) is 66.1 Å². The predicted molar refractivity (Wildman–Crippen MR) is 117 cm³/mol. The van der Waals surface area contributed by atoms with Crippen LogP contribution in [0.25, 0.3) is 6.08 Å². The molecule has 0 spiro atoms. The minimum atomic E-state index is -3.81. The van der Waals surface area contributed by atoms with Gasteiger partial charge in [-0.1, -0.05) is 60.7 Å². The van der Waals surface area contributed by atoms with Gasteiger partial charge in [-0.25, -0.2) is 17.9 Å². The first-order chi connectivity index (χ1) is 14.0. The Hall–Kier alpha value is -2.60. The van der Waals surface area contributed by atoms with E-state index in [2.05, 4.69) is 29.0 Å². The molecule has 1 saturated heterocycles. The highest BCUT2D eigenvalue weighted by Crippen LogP contribution is 2.23. The van der Waals surface area contributed by atoms with Gasteiger partial charge in [0.2, 0.25) is 0 Å². The van der Waals surface area contributed by atoms with Gasteiger partial charge in [0, 0.05) is 13.1 Å². The summed E-state index contributed by atoms with van der Waals surface area (Å²) in [6.45, 7) is 1.19. The average Bonchev–Trinajstić information content (AvgIpc) is 2.74. The number of carbonyl (C=O) groups is 1. The summed E-state index contributed by atoms with van der Waals surface area (Å²) < 4.78 is 26.5. The first-order valence-corrected chi connectivity index (χ1v) is 11.7. The third kappa shape index (κ3) is 7.06. The van der Waals surface area contributed by atoms with E-state index in [0.29, 0.717) is 19.0 Å². The molecule has 2 amide bonds. The number of carbonyl (C=O) groups excluding carboxylic acids is 1. The Morgan fingerprint density at radius 2 is 1.62 bits per heavy atom. The van der Waals surface area contributed by atoms with E-state index in [1.54, 1.807) is 17.0 Å². The summed E-state index contributed by atoms with van der Waals surface area (Å²) in [6, 6.07) is 19.0. The SMILES string of the molecule is O=C(NS(=O)(=O)/C=C/c1ccccc1)N1CCC(CCCc2ccccc2)CC1. The van der Waals surface area contributed by atoms with Crippen molar-refractivity contribution in [3.8, 4) is 0 Å². The number of sulfonamides is 1. The maximum absolute atomic E-state index is 12.3. The van der Waals surface area contributed by atoms with Crippen LogP contribution in [0.3, 0.4) is 0 Å². The lowest BCUT2D eigenvalue weighted by molar-refractivity contribution is 0.172. The van der Waals surface area contributed by atoms with E-state index in [9.17, 15) is 13.2 Å². The molecule has 1 heterocycles. The Balaban J connectivity index is 1.40. The molecule has 0 bridgehead atoms. The lowest BCUT2D eigenvalue weighted by atomic mass is 9.91. The molecule has 1 N–H and O–H groups in total. The zero-order valence-electron chi connectivity index (χ0n) is 16.5. The molecule has 29 heavy (non-hydrogen) atoms. The number of likely N-dealkylation sites (tertiary alicyclic amines) is 1. The zero-order chi connectivity index (χ0) is 20.5. The highest BCUT2D eigenvalue weighted by Gasteiger charge is 2.24. The van der Waals surface area contributed by atoms with E-state index in [-0.39, 0.29) is 0 Å². The summed E-state index contributed by atoms with van der Waals surface area (Å²) in [5.41, 5.74) is 2.12. The molecule has 0 aromatic heterocycles. The molecule has 1 aliphatic rings. The summed E-state index contributed by atoms with van der Waals surface area (Å²) in [4.78, 5) is 13.9. The van der Waals surface area contributed by atoms with Gasteiger partial charge in [0.05, 0.1) is 5.41 Å². The smallest absolute Gasteiger partial charge is 0.324 e. The number of nitrogens with one attached hydrogen (secondary N) is 1. The van der Waals surface area contributed by atoms with Gasteiger partial charge in [-0.05, 0) is 55.2 Å². The second-order valence-electron chi connectivity index (χ2n) is 7.47. The van der Waals surface area contributed by atoms with Crippen molar-refractivity contribution in [3.63, 3.8) is 0 Å². The maximum Gasteiger partial charge on any atom is 0.331 e. The number of amides is 2. The molecular formula is C23H28N2O3S. The minimum absolute atomic E-state index is 0.537. The van der Waals surface area contributed by atoms with Gasteiger partial charge in [-0.2, -0.15) is 0 Å². The van der Waals surface area contributed by atoms with Gasteiger partial charge in [0.1, 0.15) is 0 Å². The summed E-state index contributed by atoms with van der Waals surface area (Å²) >= 11 is 0. The number of nitrogens with zero attached hydrogens (tertiary/aromatic N) is 1. The maximum atomic E-state index is 12.3. The van der Waals surface area contributed by atoms with Gasteiger partial charge in [0.25, 0.3) is 10.0 Å². The second kappa shape index (κ2) is 10.3. The van der Waals surface area contributed by atoms with Crippen molar-refractivity contribution in [2.75, 3.05) is 13.1 Å². The Labute approximate surface area is 173 Å². The predicted octanol–water partition coefficient (Wildman–Crippen LogP) is 4.43. The quantitative estimate of drug-likeness (QED) is 0.731. The largest absolute Gasteiger partial charge is 0.331 e. The fourth-order valence-electron chi connectivity index (χ4n) is 3.62. The van der Waals surface area contributed by atoms with Crippen LogP contribution in [0.5, 0.6) is 0 Å². The van der Waals surface area contributed by atoms with Crippen LogP contribution >= 0.6 is 0 Å². The van der Waals surface area contributed by atoms with Crippen molar-refractivity contribution in [1.29, 1.82) is 0 Å². The summed E-state index contributed by atoms with van der Waals surface area (Å²) in [7, 11) is -3.81. The molecule has 6 heteroatoms. The molecule has 1 fully saturated rings. The standard InChI is InChI=1S/C23H28N2O3S/c26-23(24-29(27,28)19-16-21-10-5-2-6-11-21)25-17-14-22(15-18-25)13-7-12-20-8-3-1-4-9-20/h1-6,8-11,16,19,22H,7,12-15,17-18H2,(H,24,26)/b19-16+. The fourth-order valence-corrected chi connectivity index (χ4v) is 4.39. The lowest BCUT2D eigenvalue weighted by Crippen LogP contribution is -2.45. The molecule has 2 aromatic rings. The van der Waals surface area contributed by atoms with Crippen LogP contribution in [0.4, 0.5) is 4.79 Å². The first-order valence-electron chi connectivity index (χ1n) is 10.1. The molecule has 0 radical (unpaired) electrons. The van der Waals surface area contributed by atoms with Crippen LogP contribution in [0.2, 0.25) is 0 Å². The monoisotopic (exact) mass is 412 g/mol. The number of hydrogen-bond acceptors (Lipinski definition) is 3. The second-order valence-corrected chi connectivity index (χ2v) is 9.04. The molecule has 0 atom stereocenters. The third-order valence-corrected chi connectivity index (χ3v) is 6.24. The molecule has 1 aliphatic heterocycles. The van der Waals surface area contributed by atoms with E-state index in [1.807, 2.05) is 24.3 Å². The topological polar surface area (TPSA) is 66.5 Å². The van der Waals surface area contributed by atoms with Crippen molar-refractivity contribution >= 4 is 22.1 Å². The molecule has 3 rings (SSSR count). The number of benzene rings is 2. The Bertz CT molecular complexity index is 904. The van der Waals surface area contributed by atoms with Crippen LogP contribution in [-0.4, -0.2) is 32.4 Å². The summed E-state index contributed by atoms with van der Waals surface area (Å²) in [5.74, 6) is 0.595. The molecule has 2 aromatic carbocycles. The zero-order valence-corrected chi connectivity index (χ0v) is 17.4. The summed E-state index contributed by atoms with van der Waals surface area (Å²) in [5, 5.41) is 1.04. The summed E-state index contributed by atoms with van der Waals surface area (Å²) in [6.07, 6.45) is 6.67. The highest BCUT2D eigenvalue weighted by molar-refractivity contribution is 7.93. The molecule has 154 valence electrons. The van der Waals surface area contributed by atoms with E-state index < -0.39 is 16.1 Å². The Kier molecular flexibility index (Phi) is 7.47. The number of urea groups is 1. The number of hydrogen-bond donors (Lipinski definition) is 1. The fraction of sp³-hybridized carbons (Fsp3) is 0.348. The van der Waals surface area contributed by atoms with Crippen molar-refractivity contribution in [2.24, 2.45) is 5.92 Å². The highest BCUT2D eigenvalue weighted by atomic mass is 32.2. The number of piperidine rings is 1. The first kappa shape index (κ1) is 21.1. The van der Waals surface area contributed by atoms with E-state index >= 15 is 0 Å². The molecular weight excluding hydrogens is 384 g/mol.